The van der Waals surface area contributed by atoms with Gasteiger partial charge >= 0.3 is 0 Å². The summed E-state index contributed by atoms with van der Waals surface area (Å²) < 4.78 is 18.2. The number of nitrogens with zero attached hydrogens (tertiary/aromatic N) is 3. The number of ether oxygens (including phenoxy) is 3. The van der Waals surface area contributed by atoms with Gasteiger partial charge in [-0.2, -0.15) is 0 Å². The Morgan fingerprint density at radius 1 is 1.16 bits per heavy atom. The van der Waals surface area contributed by atoms with Crippen LogP contribution in [0.2, 0.25) is 0 Å². The lowest BCUT2D eigenvalue weighted by atomic mass is 10.2. The van der Waals surface area contributed by atoms with Crippen LogP contribution in [0.5, 0.6) is 17.2 Å². The monoisotopic (exact) mass is 454 g/mol. The lowest BCUT2D eigenvalue weighted by Gasteiger charge is -2.08. The predicted octanol–water partition coefficient (Wildman–Crippen LogP) is 3.69. The van der Waals surface area contributed by atoms with E-state index in [2.05, 4.69) is 4.98 Å². The van der Waals surface area contributed by atoms with E-state index in [-0.39, 0.29) is 22.9 Å². The summed E-state index contributed by atoms with van der Waals surface area (Å²) in [4.78, 5) is 27.4. The van der Waals surface area contributed by atoms with Gasteiger partial charge in [-0.1, -0.05) is 12.1 Å². The van der Waals surface area contributed by atoms with Gasteiger partial charge in [-0.05, 0) is 6.07 Å². The highest BCUT2D eigenvalue weighted by molar-refractivity contribution is 7.16. The van der Waals surface area contributed by atoms with Crippen molar-refractivity contribution in [2.75, 3.05) is 14.2 Å². The highest BCUT2D eigenvalue weighted by atomic mass is 32.1. The topological polar surface area (TPSA) is 132 Å². The number of nitro groups is 1. The van der Waals surface area contributed by atoms with Crippen molar-refractivity contribution in [3.8, 4) is 22.2 Å². The zero-order valence-corrected chi connectivity index (χ0v) is 17.9. The standard InChI is InChI=1S/C21H18N4O6S/c1-29-16-7-13-15(8-17(16)30-2)24(11-23-13)19-9-18(20(32-19)21(22)26)31-10-12-5-3-4-6-14(12)25(27)28/h3-9,11H,10H2,1-2H3,(H2,22,26). The summed E-state index contributed by atoms with van der Waals surface area (Å²) in [5, 5.41) is 11.9. The number of hydrogen-bond acceptors (Lipinski definition) is 8. The lowest BCUT2D eigenvalue weighted by Crippen LogP contribution is -2.10. The van der Waals surface area contributed by atoms with Crippen molar-refractivity contribution < 1.29 is 23.9 Å². The lowest BCUT2D eigenvalue weighted by molar-refractivity contribution is -0.385. The van der Waals surface area contributed by atoms with E-state index in [0.717, 1.165) is 16.9 Å². The maximum Gasteiger partial charge on any atom is 0.276 e. The van der Waals surface area contributed by atoms with Gasteiger partial charge in [-0.15, -0.1) is 11.3 Å². The molecule has 0 atom stereocenters. The third kappa shape index (κ3) is 3.81. The molecule has 0 radical (unpaired) electrons. The van der Waals surface area contributed by atoms with Crippen molar-refractivity contribution >= 4 is 34.0 Å². The van der Waals surface area contributed by atoms with Crippen LogP contribution in [0.25, 0.3) is 16.0 Å². The zero-order valence-electron chi connectivity index (χ0n) is 17.1. The summed E-state index contributed by atoms with van der Waals surface area (Å²) in [6.07, 6.45) is 1.60. The Morgan fingerprint density at radius 3 is 2.56 bits per heavy atom. The molecule has 2 aromatic heterocycles. The Labute approximate surface area is 185 Å². The molecule has 0 saturated heterocycles. The molecule has 164 valence electrons. The van der Waals surface area contributed by atoms with E-state index in [1.54, 1.807) is 54.4 Å². The molecule has 0 fully saturated rings. The number of aromatic nitrogens is 2. The van der Waals surface area contributed by atoms with Crippen LogP contribution in [-0.2, 0) is 6.61 Å². The minimum atomic E-state index is -0.664. The third-order valence-electron chi connectivity index (χ3n) is 4.77. The highest BCUT2D eigenvalue weighted by Crippen LogP contribution is 2.37. The quantitative estimate of drug-likeness (QED) is 0.317. The average molecular weight is 454 g/mol. The first kappa shape index (κ1) is 21.1. The molecule has 2 N–H and O–H groups in total. The number of rotatable bonds is 8. The molecule has 1 amide bonds. The first-order chi connectivity index (χ1) is 15.4. The second-order valence-electron chi connectivity index (χ2n) is 6.63. The second-order valence-corrected chi connectivity index (χ2v) is 7.66. The molecule has 0 aliphatic rings. The fraction of sp³-hybridized carbons (Fsp3) is 0.143. The fourth-order valence-corrected chi connectivity index (χ4v) is 4.18. The second kappa shape index (κ2) is 8.55. The van der Waals surface area contributed by atoms with Crippen molar-refractivity contribution in [3.63, 3.8) is 0 Å². The van der Waals surface area contributed by atoms with Crippen LogP contribution in [0.1, 0.15) is 15.2 Å². The Balaban J connectivity index is 1.71. The van der Waals surface area contributed by atoms with Crippen molar-refractivity contribution in [2.45, 2.75) is 6.61 Å². The van der Waals surface area contributed by atoms with Gasteiger partial charge in [0.1, 0.15) is 28.6 Å². The predicted molar refractivity (Wildman–Crippen MR) is 118 cm³/mol. The van der Waals surface area contributed by atoms with Crippen LogP contribution >= 0.6 is 11.3 Å². The number of nitro benzene ring substituents is 1. The Kier molecular flexibility index (Phi) is 5.65. The first-order valence-electron chi connectivity index (χ1n) is 9.31. The molecule has 2 heterocycles. The molecule has 11 heteroatoms. The van der Waals surface area contributed by atoms with Gasteiger partial charge in [0.2, 0.25) is 0 Å². The average Bonchev–Trinajstić information content (AvgIpc) is 3.40. The number of thiophene rings is 1. The van der Waals surface area contributed by atoms with E-state index in [1.165, 1.54) is 13.2 Å². The summed E-state index contributed by atoms with van der Waals surface area (Å²) in [6, 6.07) is 11.4. The summed E-state index contributed by atoms with van der Waals surface area (Å²) >= 11 is 1.13. The van der Waals surface area contributed by atoms with Crippen molar-refractivity contribution in [1.29, 1.82) is 0 Å². The molecule has 2 aromatic carbocycles. The zero-order chi connectivity index (χ0) is 22.8. The summed E-state index contributed by atoms with van der Waals surface area (Å²) in [5.74, 6) is 0.643. The van der Waals surface area contributed by atoms with E-state index in [0.29, 0.717) is 27.6 Å². The van der Waals surface area contributed by atoms with Gasteiger partial charge in [0.15, 0.2) is 11.5 Å². The minimum absolute atomic E-state index is 0.0646. The summed E-state index contributed by atoms with van der Waals surface area (Å²) in [5.41, 5.74) is 7.25. The number of imidazole rings is 1. The van der Waals surface area contributed by atoms with E-state index >= 15 is 0 Å². The number of benzene rings is 2. The van der Waals surface area contributed by atoms with Gasteiger partial charge in [0.05, 0.1) is 35.7 Å². The number of hydrogen-bond donors (Lipinski definition) is 1. The SMILES string of the molecule is COc1cc2ncn(-c3cc(OCc4ccccc4[N+](=O)[O-])c(C(N)=O)s3)c2cc1OC. The van der Waals surface area contributed by atoms with E-state index in [1.807, 2.05) is 0 Å². The first-order valence-corrected chi connectivity index (χ1v) is 10.1. The summed E-state index contributed by atoms with van der Waals surface area (Å²) in [6.45, 7) is -0.0939. The number of methoxy groups -OCH3 is 2. The largest absolute Gasteiger partial charge is 0.493 e. The molecule has 4 rings (SSSR count). The van der Waals surface area contributed by atoms with Gasteiger partial charge in [0, 0.05) is 24.3 Å². The van der Waals surface area contributed by atoms with Crippen LogP contribution in [0.15, 0.2) is 48.8 Å². The molecule has 0 unspecified atom stereocenters. The number of carbonyl (C=O) groups is 1. The van der Waals surface area contributed by atoms with Gasteiger partial charge in [0.25, 0.3) is 11.6 Å². The number of carbonyl (C=O) groups excluding carboxylic acids is 1. The van der Waals surface area contributed by atoms with Gasteiger partial charge in [-0.25, -0.2) is 4.98 Å². The van der Waals surface area contributed by atoms with Crippen LogP contribution in [-0.4, -0.2) is 34.6 Å². The number of nitrogens with two attached hydrogens (primary N) is 1. The van der Waals surface area contributed by atoms with Gasteiger partial charge < -0.3 is 19.9 Å². The van der Waals surface area contributed by atoms with Crippen LogP contribution in [0.4, 0.5) is 5.69 Å². The van der Waals surface area contributed by atoms with Crippen molar-refractivity contribution in [2.24, 2.45) is 5.73 Å². The smallest absolute Gasteiger partial charge is 0.276 e. The van der Waals surface area contributed by atoms with Crippen LogP contribution in [0.3, 0.4) is 0 Å². The van der Waals surface area contributed by atoms with Crippen LogP contribution < -0.4 is 19.9 Å². The molecule has 0 spiro atoms. The van der Waals surface area contributed by atoms with Crippen molar-refractivity contribution in [1.82, 2.24) is 9.55 Å². The van der Waals surface area contributed by atoms with Crippen molar-refractivity contribution in [3.05, 3.63) is 69.3 Å². The number of primary amides is 1. The summed E-state index contributed by atoms with van der Waals surface area (Å²) in [7, 11) is 3.08. The molecule has 0 aliphatic carbocycles. The molecule has 4 aromatic rings. The van der Waals surface area contributed by atoms with Gasteiger partial charge in [-0.3, -0.25) is 19.5 Å². The fourth-order valence-electron chi connectivity index (χ4n) is 3.24. The molecule has 32 heavy (non-hydrogen) atoms. The van der Waals surface area contributed by atoms with E-state index < -0.39 is 10.8 Å². The van der Waals surface area contributed by atoms with E-state index in [4.69, 9.17) is 19.9 Å². The Hall–Kier alpha value is -4.12. The maximum absolute atomic E-state index is 12.0. The molecule has 0 bridgehead atoms. The van der Waals surface area contributed by atoms with Crippen LogP contribution in [0, 0.1) is 10.1 Å². The Bertz CT molecular complexity index is 1330. The molecular weight excluding hydrogens is 436 g/mol. The normalized spacial score (nSPS) is 10.8. The minimum Gasteiger partial charge on any atom is -0.493 e. The maximum atomic E-state index is 12.0. The molecular formula is C21H18N4O6S. The molecule has 10 nitrogen and oxygen atoms in total. The third-order valence-corrected chi connectivity index (χ3v) is 5.90. The number of para-hydroxylation sites is 1. The molecule has 0 saturated carbocycles. The highest BCUT2D eigenvalue weighted by Gasteiger charge is 2.20. The number of amides is 1. The number of fused-ring (bicyclic) bond motifs is 1. The molecule has 0 aliphatic heterocycles. The Morgan fingerprint density at radius 2 is 1.88 bits per heavy atom. The van der Waals surface area contributed by atoms with E-state index in [9.17, 15) is 14.9 Å².